The minimum Gasteiger partial charge on any atom is -0.380 e. The number of nitrogens with two attached hydrogens (primary N) is 1. The molecule has 7 heteroatoms. The summed E-state index contributed by atoms with van der Waals surface area (Å²) in [6, 6.07) is -0.604. The summed E-state index contributed by atoms with van der Waals surface area (Å²) in [5, 5.41) is 2.70. The quantitative estimate of drug-likeness (QED) is 0.514. The van der Waals surface area contributed by atoms with Crippen LogP contribution in [0.25, 0.3) is 0 Å². The largest absolute Gasteiger partial charge is 0.380 e. The topological polar surface area (TPSA) is 110 Å². The molecule has 4 N–H and O–H groups in total. The zero-order chi connectivity index (χ0) is 14.8. The number of carbonyl (C=O) groups is 2. The summed E-state index contributed by atoms with van der Waals surface area (Å²) >= 11 is 0. The molecule has 1 rings (SSSR count). The average Bonchev–Trinajstić information content (AvgIpc) is 2.89. The Bertz CT molecular complexity index is 406. The highest BCUT2D eigenvalue weighted by atomic mass is 16.5. The Morgan fingerprint density at radius 2 is 2.30 bits per heavy atom. The molecule has 1 aromatic rings. The Labute approximate surface area is 118 Å². The van der Waals surface area contributed by atoms with Gasteiger partial charge in [-0.3, -0.25) is 4.79 Å². The molecule has 0 aliphatic heterocycles. The number of hydrogen-bond donors (Lipinski definition) is 3. The fourth-order valence-corrected chi connectivity index (χ4v) is 1.63. The Hall–Kier alpha value is -1.73. The van der Waals surface area contributed by atoms with Crippen LogP contribution in [0.2, 0.25) is 0 Å². The number of ether oxygens (including phenoxy) is 1. The molecule has 1 aromatic heterocycles. The van der Waals surface area contributed by atoms with Crippen LogP contribution in [0.5, 0.6) is 0 Å². The Morgan fingerprint density at radius 3 is 2.95 bits per heavy atom. The number of carbonyl (C=O) groups excluding carboxylic acids is 2. The molecule has 1 unspecified atom stereocenters. The lowest BCUT2D eigenvalue weighted by atomic mass is 10.1. The smallest absolute Gasteiger partial charge is 0.237 e. The maximum atomic E-state index is 11.7. The van der Waals surface area contributed by atoms with E-state index in [4.69, 9.17) is 10.5 Å². The number of aromatic nitrogens is 2. The van der Waals surface area contributed by atoms with E-state index in [1.165, 1.54) is 0 Å². The van der Waals surface area contributed by atoms with Crippen molar-refractivity contribution in [1.29, 1.82) is 0 Å². The summed E-state index contributed by atoms with van der Waals surface area (Å²) in [7, 11) is 0. The monoisotopic (exact) mass is 282 g/mol. The van der Waals surface area contributed by atoms with E-state index >= 15 is 0 Å². The van der Waals surface area contributed by atoms with Gasteiger partial charge < -0.3 is 25.6 Å². The zero-order valence-electron chi connectivity index (χ0n) is 11.7. The highest BCUT2D eigenvalue weighted by molar-refractivity contribution is 5.81. The van der Waals surface area contributed by atoms with Gasteiger partial charge in [0.1, 0.15) is 5.78 Å². The average molecular weight is 282 g/mol. The number of aromatic amines is 1. The molecule has 1 atom stereocenters. The summed E-state index contributed by atoms with van der Waals surface area (Å²) in [6.45, 7) is 2.91. The number of amides is 1. The van der Waals surface area contributed by atoms with E-state index in [0.717, 1.165) is 5.69 Å². The first kappa shape index (κ1) is 16.3. The highest BCUT2D eigenvalue weighted by Gasteiger charge is 2.13. The molecule has 0 radical (unpaired) electrons. The van der Waals surface area contributed by atoms with Crippen molar-refractivity contribution >= 4 is 11.7 Å². The van der Waals surface area contributed by atoms with Gasteiger partial charge in [0, 0.05) is 37.9 Å². The van der Waals surface area contributed by atoms with E-state index in [1.54, 1.807) is 19.4 Å². The van der Waals surface area contributed by atoms with Crippen LogP contribution in [-0.2, 0) is 20.7 Å². The lowest BCUT2D eigenvalue weighted by Crippen LogP contribution is -2.43. The zero-order valence-corrected chi connectivity index (χ0v) is 11.7. The molecule has 0 aliphatic rings. The summed E-state index contributed by atoms with van der Waals surface area (Å²) in [5.41, 5.74) is 6.59. The number of imidazole rings is 1. The molecule has 112 valence electrons. The van der Waals surface area contributed by atoms with Crippen LogP contribution in [0.15, 0.2) is 12.5 Å². The number of rotatable bonds is 10. The van der Waals surface area contributed by atoms with E-state index in [2.05, 4.69) is 15.3 Å². The van der Waals surface area contributed by atoms with Crippen LogP contribution in [0.3, 0.4) is 0 Å². The normalized spacial score (nSPS) is 12.1. The predicted octanol–water partition coefficient (Wildman–Crippen LogP) is -0.218. The Balaban J connectivity index is 2.03. The van der Waals surface area contributed by atoms with Gasteiger partial charge >= 0.3 is 0 Å². The van der Waals surface area contributed by atoms with E-state index in [9.17, 15) is 9.59 Å². The number of Topliss-reactive ketones (excluding diaryl/α,β-unsaturated/α-hetero) is 1. The molecular formula is C13H22N4O3. The van der Waals surface area contributed by atoms with Crippen molar-refractivity contribution in [2.45, 2.75) is 32.2 Å². The van der Waals surface area contributed by atoms with Crippen LogP contribution in [0.1, 0.15) is 25.5 Å². The van der Waals surface area contributed by atoms with Gasteiger partial charge in [-0.25, -0.2) is 4.98 Å². The van der Waals surface area contributed by atoms with Gasteiger partial charge in [0.25, 0.3) is 0 Å². The van der Waals surface area contributed by atoms with Gasteiger partial charge in [-0.2, -0.15) is 0 Å². The molecule has 1 heterocycles. The van der Waals surface area contributed by atoms with E-state index in [-0.39, 0.29) is 11.7 Å². The van der Waals surface area contributed by atoms with Gasteiger partial charge in [-0.05, 0) is 13.3 Å². The van der Waals surface area contributed by atoms with E-state index in [0.29, 0.717) is 39.0 Å². The van der Waals surface area contributed by atoms with Crippen molar-refractivity contribution in [3.05, 3.63) is 18.2 Å². The fourth-order valence-electron chi connectivity index (χ4n) is 1.63. The Morgan fingerprint density at radius 1 is 1.50 bits per heavy atom. The minimum absolute atomic E-state index is 0.159. The van der Waals surface area contributed by atoms with Gasteiger partial charge in [0.15, 0.2) is 0 Å². The third-order valence-corrected chi connectivity index (χ3v) is 2.69. The summed E-state index contributed by atoms with van der Waals surface area (Å²) in [5.74, 6) is -0.0568. The van der Waals surface area contributed by atoms with Crippen LogP contribution < -0.4 is 11.1 Å². The van der Waals surface area contributed by atoms with Crippen molar-refractivity contribution in [1.82, 2.24) is 15.3 Å². The van der Waals surface area contributed by atoms with Gasteiger partial charge in [-0.1, -0.05) is 0 Å². The highest BCUT2D eigenvalue weighted by Crippen LogP contribution is 1.96. The first-order chi connectivity index (χ1) is 9.59. The van der Waals surface area contributed by atoms with Gasteiger partial charge in [0.05, 0.1) is 19.0 Å². The standard InChI is InChI=1S/C13H22N4O3/c1-10(18)3-2-5-20-6-4-16-13(19)12(14)7-11-8-15-9-17-11/h8-9,12H,2-7,14H2,1H3,(H,15,17)(H,16,19). The lowest BCUT2D eigenvalue weighted by Gasteiger charge is -2.11. The molecule has 0 aliphatic carbocycles. The van der Waals surface area contributed by atoms with Gasteiger partial charge in [-0.15, -0.1) is 0 Å². The second kappa shape index (κ2) is 9.22. The summed E-state index contributed by atoms with van der Waals surface area (Å²) in [6.07, 6.45) is 4.86. The molecule has 20 heavy (non-hydrogen) atoms. The van der Waals surface area contributed by atoms with Crippen LogP contribution in [-0.4, -0.2) is 47.5 Å². The van der Waals surface area contributed by atoms with E-state index < -0.39 is 6.04 Å². The van der Waals surface area contributed by atoms with Crippen LogP contribution in [0, 0.1) is 0 Å². The van der Waals surface area contributed by atoms with Crippen LogP contribution in [0.4, 0.5) is 0 Å². The van der Waals surface area contributed by atoms with Crippen molar-refractivity contribution in [3.8, 4) is 0 Å². The number of ketones is 1. The second-order valence-corrected chi connectivity index (χ2v) is 4.60. The van der Waals surface area contributed by atoms with Crippen molar-refractivity contribution < 1.29 is 14.3 Å². The Kier molecular flexibility index (Phi) is 7.52. The lowest BCUT2D eigenvalue weighted by molar-refractivity contribution is -0.122. The molecule has 1 amide bonds. The summed E-state index contributed by atoms with van der Waals surface area (Å²) in [4.78, 5) is 29.1. The molecule has 0 saturated carbocycles. The minimum atomic E-state index is -0.604. The first-order valence-electron chi connectivity index (χ1n) is 6.67. The number of H-pyrrole nitrogens is 1. The molecule has 0 aromatic carbocycles. The third-order valence-electron chi connectivity index (χ3n) is 2.69. The third kappa shape index (κ3) is 7.01. The van der Waals surface area contributed by atoms with Crippen molar-refractivity contribution in [3.63, 3.8) is 0 Å². The maximum Gasteiger partial charge on any atom is 0.237 e. The second-order valence-electron chi connectivity index (χ2n) is 4.60. The van der Waals surface area contributed by atoms with Gasteiger partial charge in [0.2, 0.25) is 5.91 Å². The number of nitrogens with zero attached hydrogens (tertiary/aromatic N) is 1. The SMILES string of the molecule is CC(=O)CCCOCCNC(=O)C(N)Cc1cnc[nH]1. The van der Waals surface area contributed by atoms with E-state index in [1.807, 2.05) is 0 Å². The number of nitrogens with one attached hydrogen (secondary N) is 2. The molecule has 0 spiro atoms. The molecule has 7 nitrogen and oxygen atoms in total. The summed E-state index contributed by atoms with van der Waals surface area (Å²) < 4.78 is 5.30. The molecule has 0 bridgehead atoms. The maximum absolute atomic E-state index is 11.7. The molecular weight excluding hydrogens is 260 g/mol. The fraction of sp³-hybridized carbons (Fsp3) is 0.615. The molecule has 0 saturated heterocycles. The predicted molar refractivity (Wildman–Crippen MR) is 74.0 cm³/mol. The number of hydrogen-bond acceptors (Lipinski definition) is 5. The first-order valence-corrected chi connectivity index (χ1v) is 6.67. The van der Waals surface area contributed by atoms with Crippen LogP contribution >= 0.6 is 0 Å². The van der Waals surface area contributed by atoms with Crippen molar-refractivity contribution in [2.75, 3.05) is 19.8 Å². The van der Waals surface area contributed by atoms with Crippen molar-refractivity contribution in [2.24, 2.45) is 5.73 Å². The molecule has 0 fully saturated rings.